The van der Waals surface area contributed by atoms with Crippen LogP contribution in [0.15, 0.2) is 60.3 Å². The fourth-order valence-electron chi connectivity index (χ4n) is 5.40. The highest BCUT2D eigenvalue weighted by Crippen LogP contribution is 2.27. The van der Waals surface area contributed by atoms with E-state index >= 15 is 0 Å². The Balaban J connectivity index is 1.78. The van der Waals surface area contributed by atoms with Crippen LogP contribution < -0.4 is 0 Å². The van der Waals surface area contributed by atoms with Gasteiger partial charge in [-0.3, -0.25) is 0 Å². The highest BCUT2D eigenvalue weighted by atomic mass is 16.6. The third-order valence-electron chi connectivity index (χ3n) is 7.52. The second-order valence-corrected chi connectivity index (χ2v) is 11.1. The number of aliphatic hydroxyl groups excluding tert-OH is 3. The Kier molecular flexibility index (Phi) is 12.6. The molecule has 0 fully saturated rings. The Morgan fingerprint density at radius 3 is 2.69 bits per heavy atom. The summed E-state index contributed by atoms with van der Waals surface area (Å²) in [6.07, 6.45) is 10.6. The van der Waals surface area contributed by atoms with Gasteiger partial charge >= 0.3 is 5.97 Å². The zero-order chi connectivity index (χ0) is 28.4. The molecule has 3 N–H and O–H groups in total. The van der Waals surface area contributed by atoms with Crippen molar-refractivity contribution in [1.82, 2.24) is 0 Å². The molecule has 3 aliphatic rings. The largest absolute Gasteiger partial charge is 0.456 e. The van der Waals surface area contributed by atoms with Crippen LogP contribution in [-0.4, -0.2) is 83.8 Å². The van der Waals surface area contributed by atoms with Crippen LogP contribution in [0.2, 0.25) is 0 Å². The van der Waals surface area contributed by atoms with Crippen LogP contribution in [0.1, 0.15) is 58.8 Å². The summed E-state index contributed by atoms with van der Waals surface area (Å²) in [7, 11) is 1.42. The molecule has 2 bridgehead atoms. The number of carbonyl (C=O) groups is 1. The van der Waals surface area contributed by atoms with Gasteiger partial charge in [-0.15, -0.1) is 0 Å². The van der Waals surface area contributed by atoms with Gasteiger partial charge in [0.05, 0.1) is 37.1 Å². The fourth-order valence-corrected chi connectivity index (χ4v) is 5.40. The summed E-state index contributed by atoms with van der Waals surface area (Å²) in [6, 6.07) is 0. The monoisotopic (exact) mass is 546 g/mol. The summed E-state index contributed by atoms with van der Waals surface area (Å²) in [6.45, 7) is 8.79. The van der Waals surface area contributed by atoms with Crippen molar-refractivity contribution >= 4 is 5.97 Å². The number of aliphatic hydroxyl groups is 3. The van der Waals surface area contributed by atoms with Crippen LogP contribution in [0.5, 0.6) is 0 Å². The van der Waals surface area contributed by atoms with Crippen molar-refractivity contribution in [2.24, 2.45) is 5.92 Å². The second-order valence-electron chi connectivity index (χ2n) is 11.1. The molecule has 3 aliphatic heterocycles. The lowest BCUT2D eigenvalue weighted by atomic mass is 9.89. The van der Waals surface area contributed by atoms with Gasteiger partial charge in [0.2, 0.25) is 0 Å². The van der Waals surface area contributed by atoms with E-state index in [0.717, 1.165) is 18.4 Å². The first-order valence-corrected chi connectivity index (χ1v) is 14.0. The van der Waals surface area contributed by atoms with Crippen LogP contribution in [-0.2, 0) is 23.7 Å². The van der Waals surface area contributed by atoms with Crippen molar-refractivity contribution in [3.8, 4) is 0 Å². The lowest BCUT2D eigenvalue weighted by molar-refractivity contribution is -0.153. The molecule has 0 saturated heterocycles. The minimum Gasteiger partial charge on any atom is -0.456 e. The van der Waals surface area contributed by atoms with Gasteiger partial charge in [0.25, 0.3) is 0 Å². The molecule has 0 unspecified atom stereocenters. The Labute approximate surface area is 232 Å². The van der Waals surface area contributed by atoms with E-state index in [1.54, 1.807) is 18.2 Å². The van der Waals surface area contributed by atoms with Gasteiger partial charge in [-0.25, -0.2) is 4.79 Å². The molecular weight excluding hydrogens is 500 g/mol. The number of hydrogen-bond acceptors (Lipinski definition) is 8. The maximum atomic E-state index is 12.7. The molecule has 3 rings (SSSR count). The Hall–Kier alpha value is -2.07. The first-order valence-electron chi connectivity index (χ1n) is 14.0. The lowest BCUT2D eigenvalue weighted by Crippen LogP contribution is -2.43. The molecular formula is C31H46O8. The van der Waals surface area contributed by atoms with Crippen molar-refractivity contribution < 1.29 is 39.1 Å². The average molecular weight is 547 g/mol. The summed E-state index contributed by atoms with van der Waals surface area (Å²) in [5, 5.41) is 32.7. The predicted octanol–water partition coefficient (Wildman–Crippen LogP) is 3.71. The predicted molar refractivity (Wildman–Crippen MR) is 149 cm³/mol. The zero-order valence-corrected chi connectivity index (χ0v) is 23.5. The highest BCUT2D eigenvalue weighted by Gasteiger charge is 2.33. The molecule has 8 heteroatoms. The van der Waals surface area contributed by atoms with Crippen LogP contribution >= 0.6 is 0 Å². The molecule has 0 aromatic heterocycles. The summed E-state index contributed by atoms with van der Waals surface area (Å²) >= 11 is 0. The Morgan fingerprint density at radius 1 is 1.15 bits per heavy atom. The van der Waals surface area contributed by atoms with Crippen molar-refractivity contribution in [1.29, 1.82) is 0 Å². The number of esters is 1. The second kappa shape index (κ2) is 15.6. The molecule has 0 radical (unpaired) electrons. The normalized spacial score (nSPS) is 37.4. The molecule has 9 atom stereocenters. The summed E-state index contributed by atoms with van der Waals surface area (Å²) < 4.78 is 23.0. The van der Waals surface area contributed by atoms with Crippen molar-refractivity contribution in [3.05, 3.63) is 60.3 Å². The van der Waals surface area contributed by atoms with Gasteiger partial charge < -0.3 is 34.3 Å². The van der Waals surface area contributed by atoms with Gasteiger partial charge in [0, 0.05) is 19.6 Å². The van der Waals surface area contributed by atoms with E-state index in [-0.39, 0.29) is 31.2 Å². The third kappa shape index (κ3) is 10.4. The third-order valence-corrected chi connectivity index (χ3v) is 7.52. The Morgan fingerprint density at radius 2 is 1.95 bits per heavy atom. The number of hydrogen-bond donors (Lipinski definition) is 3. The molecule has 0 saturated carbocycles. The molecule has 0 aromatic carbocycles. The van der Waals surface area contributed by atoms with Crippen molar-refractivity contribution in [2.75, 3.05) is 13.7 Å². The summed E-state index contributed by atoms with van der Waals surface area (Å²) in [5.74, 6) is -0.329. The number of cyclic esters (lactones) is 1. The number of carbonyl (C=O) groups excluding carboxylic acids is 1. The summed E-state index contributed by atoms with van der Waals surface area (Å²) in [5.41, 5.74) is 2.03. The number of ether oxygens (including phenoxy) is 4. The van der Waals surface area contributed by atoms with E-state index in [1.807, 2.05) is 19.1 Å². The number of rotatable bonds is 4. The van der Waals surface area contributed by atoms with Gasteiger partial charge in [0.15, 0.2) is 0 Å². The SMILES string of the molecule is C=C1C[C@H](C)C[C@@H]2CC=C[C@@H](C/C=C\C(=O)O[C@H]([C@@H](O)/C=C/[C@@H]3CC(C)=CCO3)C[C@H](OC)[C@H](O)[C@@H](O)C1)O2. The number of methoxy groups -OCH3 is 1. The smallest absolute Gasteiger partial charge is 0.330 e. The summed E-state index contributed by atoms with van der Waals surface area (Å²) in [4.78, 5) is 12.7. The minimum absolute atomic E-state index is 0.0245. The quantitative estimate of drug-likeness (QED) is 0.361. The Bertz CT molecular complexity index is 922. The van der Waals surface area contributed by atoms with E-state index in [0.29, 0.717) is 31.8 Å². The molecule has 0 amide bonds. The fraction of sp³-hybridized carbons (Fsp3) is 0.645. The minimum atomic E-state index is -1.27. The molecule has 218 valence electrons. The average Bonchev–Trinajstić information content (AvgIpc) is 2.88. The first-order chi connectivity index (χ1) is 18.6. The standard InChI is InChI=1S/C31H46O8/c1-20-13-14-37-24(16-20)11-12-26(32)28-19-29(36-4)31(35)27(33)18-22(3)15-21(2)17-25-9-5-7-23(38-25)8-6-10-30(34)39-28/h5-7,10-13,21,23-29,31-33,35H,3,8-9,14-19H2,1-2,4H3/b10-6-,12-11+/t21-,23-,24+,25-,26-,27-,28-,29-,31+/m0/s1. The van der Waals surface area contributed by atoms with Crippen LogP contribution in [0, 0.1) is 5.92 Å². The van der Waals surface area contributed by atoms with Crippen LogP contribution in [0.3, 0.4) is 0 Å². The van der Waals surface area contributed by atoms with Crippen molar-refractivity contribution in [3.63, 3.8) is 0 Å². The van der Waals surface area contributed by atoms with Gasteiger partial charge in [0.1, 0.15) is 18.3 Å². The maximum absolute atomic E-state index is 12.7. The molecule has 8 nitrogen and oxygen atoms in total. The first kappa shape index (κ1) is 31.5. The maximum Gasteiger partial charge on any atom is 0.330 e. The zero-order valence-electron chi connectivity index (χ0n) is 23.5. The van der Waals surface area contributed by atoms with Gasteiger partial charge in [-0.05, 0) is 51.4 Å². The van der Waals surface area contributed by atoms with E-state index in [9.17, 15) is 20.1 Å². The molecule has 3 heterocycles. The van der Waals surface area contributed by atoms with E-state index in [2.05, 4.69) is 19.6 Å². The van der Waals surface area contributed by atoms with Crippen LogP contribution in [0.25, 0.3) is 0 Å². The van der Waals surface area contributed by atoms with Crippen LogP contribution in [0.4, 0.5) is 0 Å². The topological polar surface area (TPSA) is 115 Å². The molecule has 0 aliphatic carbocycles. The van der Waals surface area contributed by atoms with Crippen molar-refractivity contribution in [2.45, 2.75) is 108 Å². The van der Waals surface area contributed by atoms with E-state index in [1.165, 1.54) is 18.8 Å². The molecule has 39 heavy (non-hydrogen) atoms. The van der Waals surface area contributed by atoms with E-state index < -0.39 is 36.5 Å². The molecule has 0 spiro atoms. The van der Waals surface area contributed by atoms with Gasteiger partial charge in [-0.2, -0.15) is 0 Å². The van der Waals surface area contributed by atoms with Gasteiger partial charge in [-0.1, -0.05) is 61.1 Å². The molecule has 0 aromatic rings. The van der Waals surface area contributed by atoms with E-state index in [4.69, 9.17) is 18.9 Å². The lowest BCUT2D eigenvalue weighted by Gasteiger charge is -2.31. The number of fused-ring (bicyclic) bond motifs is 2. The highest BCUT2D eigenvalue weighted by molar-refractivity contribution is 5.82.